The molecule has 0 bridgehead atoms. The predicted molar refractivity (Wildman–Crippen MR) is 114 cm³/mol. The average molecular weight is 410 g/mol. The van der Waals surface area contributed by atoms with Gasteiger partial charge in [0, 0.05) is 15.6 Å². The Morgan fingerprint density at radius 2 is 1.46 bits per heavy atom. The quantitative estimate of drug-likeness (QED) is 0.512. The molecule has 1 atom stereocenters. The summed E-state index contributed by atoms with van der Waals surface area (Å²) in [5.41, 5.74) is 5.57. The topological polar surface area (TPSA) is 46.2 Å². The van der Waals surface area contributed by atoms with E-state index < -0.39 is 5.92 Å². The van der Waals surface area contributed by atoms with Crippen molar-refractivity contribution >= 4 is 40.6 Å². The van der Waals surface area contributed by atoms with E-state index in [1.54, 1.807) is 18.2 Å². The van der Waals surface area contributed by atoms with Gasteiger partial charge in [-0.25, -0.2) is 0 Å². The number of Topliss-reactive ketones (excluding diaryl/α,β-unsaturated/α-hetero) is 1. The van der Waals surface area contributed by atoms with Gasteiger partial charge < -0.3 is 5.32 Å². The monoisotopic (exact) mass is 409 g/mol. The highest BCUT2D eigenvalue weighted by atomic mass is 35.5. The Morgan fingerprint density at radius 3 is 2.18 bits per heavy atom. The summed E-state index contributed by atoms with van der Waals surface area (Å²) < 4.78 is 0. The summed E-state index contributed by atoms with van der Waals surface area (Å²) in [6.45, 7) is 3.94. The number of carbonyl (C=O) groups is 2. The van der Waals surface area contributed by atoms with E-state index in [0.717, 1.165) is 22.3 Å². The molecule has 0 saturated heterocycles. The molecule has 0 spiro atoms. The molecular formula is C23H17Cl2NO2. The molecule has 4 rings (SSSR count). The van der Waals surface area contributed by atoms with E-state index >= 15 is 0 Å². The van der Waals surface area contributed by atoms with Gasteiger partial charge >= 0.3 is 0 Å². The Hall–Kier alpha value is -2.62. The van der Waals surface area contributed by atoms with Crippen molar-refractivity contribution < 1.29 is 9.59 Å². The van der Waals surface area contributed by atoms with Crippen molar-refractivity contribution in [1.29, 1.82) is 0 Å². The van der Waals surface area contributed by atoms with Gasteiger partial charge in [0.2, 0.25) is 5.91 Å². The van der Waals surface area contributed by atoms with Crippen molar-refractivity contribution in [2.75, 3.05) is 5.32 Å². The molecule has 0 aromatic heterocycles. The van der Waals surface area contributed by atoms with Gasteiger partial charge in [-0.3, -0.25) is 9.59 Å². The highest BCUT2D eigenvalue weighted by Crippen LogP contribution is 2.37. The van der Waals surface area contributed by atoms with E-state index in [4.69, 9.17) is 23.2 Å². The fourth-order valence-corrected chi connectivity index (χ4v) is 4.02. The molecule has 5 heteroatoms. The van der Waals surface area contributed by atoms with Crippen LogP contribution in [0.25, 0.3) is 11.1 Å². The van der Waals surface area contributed by atoms with Gasteiger partial charge in [0.05, 0.1) is 5.69 Å². The van der Waals surface area contributed by atoms with Gasteiger partial charge in [-0.15, -0.1) is 0 Å². The fourth-order valence-electron chi connectivity index (χ4n) is 3.72. The average Bonchev–Trinajstić information content (AvgIpc) is 2.64. The number of rotatable bonds is 2. The molecule has 1 aliphatic rings. The van der Waals surface area contributed by atoms with Crippen LogP contribution in [0.4, 0.5) is 5.69 Å². The maximum atomic E-state index is 13.1. The van der Waals surface area contributed by atoms with Crippen LogP contribution in [0.3, 0.4) is 0 Å². The second kappa shape index (κ2) is 7.08. The van der Waals surface area contributed by atoms with E-state index in [-0.39, 0.29) is 11.7 Å². The first-order valence-electron chi connectivity index (χ1n) is 8.87. The van der Waals surface area contributed by atoms with Crippen LogP contribution in [-0.2, 0) is 4.79 Å². The number of amides is 1. The number of nitrogens with one attached hydrogen (secondary N) is 1. The molecule has 0 saturated carbocycles. The van der Waals surface area contributed by atoms with Crippen LogP contribution >= 0.6 is 23.2 Å². The SMILES string of the molecule is Cc1cc(C)c(C2C(=O)Nc3cc(Cl)ccc3C2=O)cc1-c1ccc(Cl)cc1. The summed E-state index contributed by atoms with van der Waals surface area (Å²) in [5, 5.41) is 3.96. The molecule has 28 heavy (non-hydrogen) atoms. The Kier molecular flexibility index (Phi) is 4.74. The van der Waals surface area contributed by atoms with Crippen molar-refractivity contribution in [2.45, 2.75) is 19.8 Å². The zero-order valence-electron chi connectivity index (χ0n) is 15.3. The Balaban J connectivity index is 1.83. The summed E-state index contributed by atoms with van der Waals surface area (Å²) in [4.78, 5) is 26.0. The lowest BCUT2D eigenvalue weighted by atomic mass is 9.82. The van der Waals surface area contributed by atoms with Crippen LogP contribution in [0.5, 0.6) is 0 Å². The molecule has 1 amide bonds. The first-order chi connectivity index (χ1) is 13.3. The maximum Gasteiger partial charge on any atom is 0.239 e. The van der Waals surface area contributed by atoms with Crippen LogP contribution in [0, 0.1) is 13.8 Å². The summed E-state index contributed by atoms with van der Waals surface area (Å²) >= 11 is 12.0. The Labute approximate surface area is 173 Å². The first-order valence-corrected chi connectivity index (χ1v) is 9.62. The van der Waals surface area contributed by atoms with Gasteiger partial charge in [0.25, 0.3) is 0 Å². The number of carbonyl (C=O) groups excluding carboxylic acids is 2. The van der Waals surface area contributed by atoms with Gasteiger partial charge in [-0.05, 0) is 78.1 Å². The normalized spacial score (nSPS) is 15.9. The number of halogens is 2. The van der Waals surface area contributed by atoms with E-state index in [9.17, 15) is 9.59 Å². The number of anilines is 1. The highest BCUT2D eigenvalue weighted by molar-refractivity contribution is 6.32. The number of ketones is 1. The molecule has 1 unspecified atom stereocenters. The van der Waals surface area contributed by atoms with Crippen LogP contribution in [-0.4, -0.2) is 11.7 Å². The molecule has 1 heterocycles. The molecule has 0 aliphatic carbocycles. The molecule has 140 valence electrons. The summed E-state index contributed by atoms with van der Waals surface area (Å²) in [6, 6.07) is 16.4. The lowest BCUT2D eigenvalue weighted by molar-refractivity contribution is -0.116. The third-order valence-electron chi connectivity index (χ3n) is 5.11. The van der Waals surface area contributed by atoms with Crippen molar-refractivity contribution in [1.82, 2.24) is 0 Å². The van der Waals surface area contributed by atoms with Crippen LogP contribution < -0.4 is 5.32 Å². The zero-order valence-corrected chi connectivity index (χ0v) is 16.9. The van der Waals surface area contributed by atoms with E-state index in [2.05, 4.69) is 5.32 Å². The highest BCUT2D eigenvalue weighted by Gasteiger charge is 2.36. The molecule has 3 aromatic rings. The minimum Gasteiger partial charge on any atom is -0.324 e. The fraction of sp³-hybridized carbons (Fsp3) is 0.130. The summed E-state index contributed by atoms with van der Waals surface area (Å²) in [5.74, 6) is -1.45. The molecule has 0 radical (unpaired) electrons. The number of fused-ring (bicyclic) bond motifs is 1. The minimum atomic E-state index is -0.889. The summed E-state index contributed by atoms with van der Waals surface area (Å²) in [7, 11) is 0. The van der Waals surface area contributed by atoms with Crippen molar-refractivity contribution in [3.63, 3.8) is 0 Å². The molecule has 3 aromatic carbocycles. The Morgan fingerprint density at radius 1 is 0.786 bits per heavy atom. The van der Waals surface area contributed by atoms with Crippen molar-refractivity contribution in [3.05, 3.63) is 86.9 Å². The molecule has 1 aliphatic heterocycles. The molecule has 1 N–H and O–H groups in total. The minimum absolute atomic E-state index is 0.218. The lowest BCUT2D eigenvalue weighted by Gasteiger charge is -2.26. The smallest absolute Gasteiger partial charge is 0.239 e. The van der Waals surface area contributed by atoms with Crippen LogP contribution in [0.15, 0.2) is 54.6 Å². The second-order valence-electron chi connectivity index (χ2n) is 7.01. The largest absolute Gasteiger partial charge is 0.324 e. The van der Waals surface area contributed by atoms with E-state index in [1.165, 1.54) is 0 Å². The van der Waals surface area contributed by atoms with Crippen LogP contribution in [0.2, 0.25) is 10.0 Å². The number of benzene rings is 3. The van der Waals surface area contributed by atoms with E-state index in [1.807, 2.05) is 50.2 Å². The molecular weight excluding hydrogens is 393 g/mol. The predicted octanol–water partition coefficient (Wildman–Crippen LogP) is 6.20. The standard InChI is InChI=1S/C23H17Cl2NO2/c1-12-9-13(2)19(11-18(12)14-3-5-15(24)6-4-14)21-22(27)17-8-7-16(25)10-20(17)26-23(21)28/h3-11,21H,1-2H3,(H,26,28). The van der Waals surface area contributed by atoms with Gasteiger partial charge in [0.1, 0.15) is 5.92 Å². The van der Waals surface area contributed by atoms with Gasteiger partial charge in [0.15, 0.2) is 5.78 Å². The maximum absolute atomic E-state index is 13.1. The molecule has 3 nitrogen and oxygen atoms in total. The number of hydrogen-bond acceptors (Lipinski definition) is 2. The number of aryl methyl sites for hydroxylation is 2. The van der Waals surface area contributed by atoms with Crippen molar-refractivity contribution in [2.24, 2.45) is 0 Å². The third kappa shape index (κ3) is 3.21. The van der Waals surface area contributed by atoms with Crippen LogP contribution in [0.1, 0.15) is 33.0 Å². The Bertz CT molecular complexity index is 1120. The number of hydrogen-bond donors (Lipinski definition) is 1. The van der Waals surface area contributed by atoms with Gasteiger partial charge in [-0.2, -0.15) is 0 Å². The lowest BCUT2D eigenvalue weighted by Crippen LogP contribution is -2.34. The van der Waals surface area contributed by atoms with Crippen molar-refractivity contribution in [3.8, 4) is 11.1 Å². The third-order valence-corrected chi connectivity index (χ3v) is 5.60. The van der Waals surface area contributed by atoms with E-state index in [0.29, 0.717) is 26.9 Å². The molecule has 0 fully saturated rings. The van der Waals surface area contributed by atoms with Gasteiger partial charge in [-0.1, -0.05) is 41.4 Å². The first kappa shape index (κ1) is 18.7. The summed E-state index contributed by atoms with van der Waals surface area (Å²) in [6.07, 6.45) is 0. The zero-order chi connectivity index (χ0) is 20.0. The second-order valence-corrected chi connectivity index (χ2v) is 7.88.